The van der Waals surface area contributed by atoms with Gasteiger partial charge in [0.15, 0.2) is 5.82 Å². The van der Waals surface area contributed by atoms with Crippen LogP contribution in [0.3, 0.4) is 0 Å². The quantitative estimate of drug-likeness (QED) is 0.691. The Morgan fingerprint density at radius 2 is 2.00 bits per heavy atom. The molecule has 2 N–H and O–H groups in total. The van der Waals surface area contributed by atoms with Gasteiger partial charge in [-0.2, -0.15) is 0 Å². The molecule has 0 spiro atoms. The maximum absolute atomic E-state index is 9.28. The zero-order valence-corrected chi connectivity index (χ0v) is 16.2. The number of rotatable bonds is 5. The van der Waals surface area contributed by atoms with Crippen molar-refractivity contribution in [3.63, 3.8) is 0 Å². The molecular weight excluding hydrogens is 374 g/mol. The van der Waals surface area contributed by atoms with E-state index in [2.05, 4.69) is 15.2 Å². The van der Waals surface area contributed by atoms with E-state index < -0.39 is 0 Å². The Bertz CT molecular complexity index is 918. The Morgan fingerprint density at radius 3 is 2.75 bits per heavy atom. The lowest BCUT2D eigenvalue weighted by atomic mass is 10.1. The van der Waals surface area contributed by atoms with Crippen LogP contribution in [0.5, 0.6) is 0 Å². The molecule has 1 atom stereocenters. The largest absolute Gasteiger partial charge is 0.396 e. The number of aliphatic hydroxyl groups excluding tert-OH is 1. The smallest absolute Gasteiger partial charge is 0.163 e. The van der Waals surface area contributed by atoms with Crippen LogP contribution >= 0.6 is 11.6 Å². The lowest BCUT2D eigenvalue weighted by molar-refractivity contribution is 0.260. The number of benzene rings is 1. The molecule has 0 amide bonds. The van der Waals surface area contributed by atoms with Crippen molar-refractivity contribution in [2.75, 3.05) is 31.1 Å². The van der Waals surface area contributed by atoms with Crippen LogP contribution in [0.15, 0.2) is 54.9 Å². The Balaban J connectivity index is 1.74. The molecule has 0 saturated carbocycles. The standard InChI is InChI=1S/C21H22ClN5O/c22-17-5-3-15(4-6-17)19-12-20(27-10-9-24-18(14-27)7-11-28)26-21(25-19)16-2-1-8-23-13-16/h1-6,8,12-13,18,24,28H,7,9-11,14H2. The fraction of sp³-hybridized carbons (Fsp3) is 0.286. The van der Waals surface area contributed by atoms with E-state index in [0.29, 0.717) is 10.8 Å². The Labute approximate surface area is 169 Å². The number of aromatic nitrogens is 3. The summed E-state index contributed by atoms with van der Waals surface area (Å²) >= 11 is 6.05. The molecule has 0 radical (unpaired) electrons. The average Bonchev–Trinajstić information content (AvgIpc) is 2.75. The first kappa shape index (κ1) is 18.8. The second kappa shape index (κ2) is 8.65. The van der Waals surface area contributed by atoms with Gasteiger partial charge in [0.05, 0.1) is 5.69 Å². The van der Waals surface area contributed by atoms with Crippen LogP contribution in [0.1, 0.15) is 6.42 Å². The normalized spacial score (nSPS) is 16.9. The number of nitrogens with zero attached hydrogens (tertiary/aromatic N) is 4. The summed E-state index contributed by atoms with van der Waals surface area (Å²) in [5.74, 6) is 1.52. The summed E-state index contributed by atoms with van der Waals surface area (Å²) in [5, 5.41) is 13.4. The first-order chi connectivity index (χ1) is 13.7. The third-order valence-electron chi connectivity index (χ3n) is 4.83. The molecule has 28 heavy (non-hydrogen) atoms. The van der Waals surface area contributed by atoms with E-state index in [1.165, 1.54) is 0 Å². The molecule has 2 aromatic heterocycles. The average molecular weight is 396 g/mol. The molecule has 1 aromatic carbocycles. The third kappa shape index (κ3) is 4.30. The van der Waals surface area contributed by atoms with Crippen molar-refractivity contribution in [3.8, 4) is 22.6 Å². The van der Waals surface area contributed by atoms with E-state index in [1.54, 1.807) is 12.4 Å². The number of hydrogen-bond acceptors (Lipinski definition) is 6. The van der Waals surface area contributed by atoms with Gasteiger partial charge in [-0.3, -0.25) is 4.98 Å². The molecule has 4 rings (SSSR count). The van der Waals surface area contributed by atoms with Crippen LogP contribution in [0.2, 0.25) is 5.02 Å². The number of piperazine rings is 1. The zero-order valence-electron chi connectivity index (χ0n) is 15.4. The maximum Gasteiger partial charge on any atom is 0.163 e. The van der Waals surface area contributed by atoms with Gasteiger partial charge in [0.2, 0.25) is 0 Å². The first-order valence-corrected chi connectivity index (χ1v) is 9.75. The van der Waals surface area contributed by atoms with Crippen LogP contribution < -0.4 is 10.2 Å². The topological polar surface area (TPSA) is 74.2 Å². The second-order valence-corrected chi connectivity index (χ2v) is 7.23. The molecule has 1 aliphatic rings. The first-order valence-electron chi connectivity index (χ1n) is 9.37. The van der Waals surface area contributed by atoms with Crippen LogP contribution in [0.4, 0.5) is 5.82 Å². The molecule has 0 bridgehead atoms. The Kier molecular flexibility index (Phi) is 5.81. The van der Waals surface area contributed by atoms with Gasteiger partial charge in [0, 0.05) is 66.9 Å². The van der Waals surface area contributed by atoms with Crippen molar-refractivity contribution >= 4 is 17.4 Å². The highest BCUT2D eigenvalue weighted by atomic mass is 35.5. The predicted molar refractivity (Wildman–Crippen MR) is 111 cm³/mol. The second-order valence-electron chi connectivity index (χ2n) is 6.79. The highest BCUT2D eigenvalue weighted by Gasteiger charge is 2.21. The van der Waals surface area contributed by atoms with E-state index in [0.717, 1.165) is 48.7 Å². The number of pyridine rings is 1. The summed E-state index contributed by atoms with van der Waals surface area (Å²) in [5.41, 5.74) is 2.71. The number of aliphatic hydroxyl groups is 1. The molecule has 6 nitrogen and oxygen atoms in total. The highest BCUT2D eigenvalue weighted by Crippen LogP contribution is 2.27. The minimum absolute atomic E-state index is 0.173. The molecule has 144 valence electrons. The van der Waals surface area contributed by atoms with Gasteiger partial charge < -0.3 is 15.3 Å². The number of anilines is 1. The molecule has 7 heteroatoms. The molecule has 3 heterocycles. The minimum atomic E-state index is 0.173. The summed E-state index contributed by atoms with van der Waals surface area (Å²) in [6, 6.07) is 13.8. The van der Waals surface area contributed by atoms with E-state index in [1.807, 2.05) is 42.5 Å². The minimum Gasteiger partial charge on any atom is -0.396 e. The fourth-order valence-electron chi connectivity index (χ4n) is 3.37. The van der Waals surface area contributed by atoms with Crippen molar-refractivity contribution in [2.24, 2.45) is 0 Å². The monoisotopic (exact) mass is 395 g/mol. The van der Waals surface area contributed by atoms with Crippen molar-refractivity contribution in [2.45, 2.75) is 12.5 Å². The van der Waals surface area contributed by atoms with Crippen molar-refractivity contribution in [3.05, 3.63) is 59.9 Å². The van der Waals surface area contributed by atoms with Crippen LogP contribution in [0, 0.1) is 0 Å². The SMILES string of the molecule is OCCC1CN(c2cc(-c3ccc(Cl)cc3)nc(-c3cccnc3)n2)CCN1. The summed E-state index contributed by atoms with van der Waals surface area (Å²) < 4.78 is 0. The Morgan fingerprint density at radius 1 is 1.14 bits per heavy atom. The maximum atomic E-state index is 9.28. The van der Waals surface area contributed by atoms with Crippen molar-refractivity contribution in [1.29, 1.82) is 0 Å². The van der Waals surface area contributed by atoms with Crippen molar-refractivity contribution < 1.29 is 5.11 Å². The number of nitrogens with one attached hydrogen (secondary N) is 1. The zero-order chi connectivity index (χ0) is 19.3. The van der Waals surface area contributed by atoms with Crippen molar-refractivity contribution in [1.82, 2.24) is 20.3 Å². The van der Waals surface area contributed by atoms with Crippen LogP contribution in [0.25, 0.3) is 22.6 Å². The molecule has 1 aliphatic heterocycles. The number of hydrogen-bond donors (Lipinski definition) is 2. The highest BCUT2D eigenvalue weighted by molar-refractivity contribution is 6.30. The van der Waals surface area contributed by atoms with Gasteiger partial charge in [-0.1, -0.05) is 23.7 Å². The molecule has 3 aromatic rings. The van der Waals surface area contributed by atoms with Gasteiger partial charge >= 0.3 is 0 Å². The summed E-state index contributed by atoms with van der Waals surface area (Å²) in [6.07, 6.45) is 4.24. The molecule has 0 aliphatic carbocycles. The van der Waals surface area contributed by atoms with Gasteiger partial charge in [-0.15, -0.1) is 0 Å². The molecule has 1 fully saturated rings. The van der Waals surface area contributed by atoms with Gasteiger partial charge in [0.25, 0.3) is 0 Å². The predicted octanol–water partition coefficient (Wildman–Crippen LogP) is 3.02. The number of halogens is 1. The van der Waals surface area contributed by atoms with Crippen LogP contribution in [-0.4, -0.2) is 52.3 Å². The van der Waals surface area contributed by atoms with E-state index in [-0.39, 0.29) is 12.6 Å². The summed E-state index contributed by atoms with van der Waals surface area (Å²) in [6.45, 7) is 2.68. The Hall–Kier alpha value is -2.54. The fourth-order valence-corrected chi connectivity index (χ4v) is 3.50. The molecular formula is C21H22ClN5O. The van der Waals surface area contributed by atoms with E-state index >= 15 is 0 Å². The third-order valence-corrected chi connectivity index (χ3v) is 5.08. The van der Waals surface area contributed by atoms with Gasteiger partial charge in [-0.05, 0) is 30.7 Å². The molecule has 1 saturated heterocycles. The van der Waals surface area contributed by atoms with E-state index in [4.69, 9.17) is 21.6 Å². The van der Waals surface area contributed by atoms with Gasteiger partial charge in [-0.25, -0.2) is 9.97 Å². The van der Waals surface area contributed by atoms with E-state index in [9.17, 15) is 5.11 Å². The van der Waals surface area contributed by atoms with Gasteiger partial charge in [0.1, 0.15) is 5.82 Å². The lowest BCUT2D eigenvalue weighted by Gasteiger charge is -2.34. The summed E-state index contributed by atoms with van der Waals surface area (Å²) in [4.78, 5) is 16.1. The van der Waals surface area contributed by atoms with Crippen LogP contribution in [-0.2, 0) is 0 Å². The lowest BCUT2D eigenvalue weighted by Crippen LogP contribution is -2.51. The summed E-state index contributed by atoms with van der Waals surface area (Å²) in [7, 11) is 0. The molecule has 1 unspecified atom stereocenters.